The number of rotatable bonds is 2. The van der Waals surface area contributed by atoms with Crippen molar-refractivity contribution in [3.63, 3.8) is 0 Å². The van der Waals surface area contributed by atoms with Gasteiger partial charge in [-0.05, 0) is 67.6 Å². The summed E-state index contributed by atoms with van der Waals surface area (Å²) in [7, 11) is 1.88. The number of amides is 1. The number of pyridine rings is 1. The van der Waals surface area contributed by atoms with Gasteiger partial charge in [0.2, 0.25) is 5.91 Å². The molecule has 0 saturated carbocycles. The van der Waals surface area contributed by atoms with Crippen molar-refractivity contribution in [2.75, 3.05) is 19.8 Å². The van der Waals surface area contributed by atoms with Crippen molar-refractivity contribution < 1.29 is 23.0 Å². The van der Waals surface area contributed by atoms with Gasteiger partial charge in [0, 0.05) is 64.1 Å². The minimum absolute atomic E-state index is 0.168. The summed E-state index contributed by atoms with van der Waals surface area (Å²) in [4.78, 5) is 20.1. The summed E-state index contributed by atoms with van der Waals surface area (Å²) in [6.07, 6.45) is 7.02. The van der Waals surface area contributed by atoms with E-state index in [9.17, 15) is 4.79 Å². The molecule has 12 heteroatoms. The summed E-state index contributed by atoms with van der Waals surface area (Å²) in [5.74, 6) is -0.908. The highest BCUT2D eigenvalue weighted by Gasteiger charge is 2.52. The van der Waals surface area contributed by atoms with Gasteiger partial charge in [-0.15, -0.1) is 11.3 Å². The van der Waals surface area contributed by atoms with Crippen LogP contribution in [0.2, 0.25) is 0 Å². The Labute approximate surface area is 296 Å². The van der Waals surface area contributed by atoms with Crippen LogP contribution in [-0.4, -0.2) is 61.2 Å². The van der Waals surface area contributed by atoms with Gasteiger partial charge < -0.3 is 14.4 Å². The standard InChI is InChI=1S/C39H34F2N6O3S/c1-5-33(48)46-9-10-47-30(22(46)3)18-32(44-47)39-19-21(2)49-11-6-7-12-50-31-17-29-23(20-45(4)43-29)14-26(31)36-25-8-13-51-37(25)35(38(39)42-36)34-27(39)15-24(40)16-28(34)41/h5-8,13-18,20-22H,1,9-12,19H2,2-4H3/b7-6+/t21-,22-,39?/m0/s1. The predicted molar refractivity (Wildman–Crippen MR) is 192 cm³/mol. The maximum Gasteiger partial charge on any atom is 0.246 e. The van der Waals surface area contributed by atoms with E-state index in [2.05, 4.69) is 11.7 Å². The Morgan fingerprint density at radius 3 is 2.76 bits per heavy atom. The average molecular weight is 705 g/mol. The number of nitrogens with zero attached hydrogens (tertiary/aromatic N) is 6. The minimum atomic E-state index is -1.22. The second kappa shape index (κ2) is 11.7. The third kappa shape index (κ3) is 4.72. The van der Waals surface area contributed by atoms with Crippen LogP contribution in [0.25, 0.3) is 43.4 Å². The van der Waals surface area contributed by atoms with E-state index in [0.717, 1.165) is 38.3 Å². The van der Waals surface area contributed by atoms with Crippen LogP contribution in [0.15, 0.2) is 72.8 Å². The molecule has 4 aromatic heterocycles. The van der Waals surface area contributed by atoms with E-state index in [0.29, 0.717) is 72.2 Å². The van der Waals surface area contributed by atoms with Crippen molar-refractivity contribution in [3.8, 4) is 28.1 Å². The lowest BCUT2D eigenvalue weighted by Crippen LogP contribution is -2.40. The molecule has 1 amide bonds. The molecule has 6 heterocycles. The minimum Gasteiger partial charge on any atom is -0.489 e. The van der Waals surface area contributed by atoms with Crippen LogP contribution in [0.5, 0.6) is 5.75 Å². The highest BCUT2D eigenvalue weighted by Crippen LogP contribution is 2.59. The van der Waals surface area contributed by atoms with Crippen molar-refractivity contribution >= 4 is 38.2 Å². The Kier molecular flexibility index (Phi) is 7.27. The van der Waals surface area contributed by atoms with Crippen LogP contribution in [0.4, 0.5) is 8.78 Å². The molecule has 1 unspecified atom stereocenters. The molecule has 3 atom stereocenters. The number of hydrogen-bond donors (Lipinski definition) is 0. The van der Waals surface area contributed by atoms with E-state index in [-0.39, 0.29) is 18.1 Å². The summed E-state index contributed by atoms with van der Waals surface area (Å²) in [5.41, 5.74) is 4.38. The fourth-order valence-corrected chi connectivity index (χ4v) is 9.18. The van der Waals surface area contributed by atoms with Gasteiger partial charge in [-0.3, -0.25) is 14.2 Å². The smallest absolute Gasteiger partial charge is 0.246 e. The molecule has 0 radical (unpaired) electrons. The van der Waals surface area contributed by atoms with Gasteiger partial charge >= 0.3 is 0 Å². The first-order valence-electron chi connectivity index (χ1n) is 17.0. The zero-order chi connectivity index (χ0) is 35.2. The van der Waals surface area contributed by atoms with Crippen molar-refractivity contribution in [1.82, 2.24) is 29.4 Å². The van der Waals surface area contributed by atoms with Crippen molar-refractivity contribution in [3.05, 3.63) is 107 Å². The fourth-order valence-electron chi connectivity index (χ4n) is 8.23. The van der Waals surface area contributed by atoms with Crippen LogP contribution < -0.4 is 4.74 Å². The quantitative estimate of drug-likeness (QED) is 0.137. The van der Waals surface area contributed by atoms with E-state index < -0.39 is 17.0 Å². The zero-order valence-electron chi connectivity index (χ0n) is 28.3. The Bertz CT molecular complexity index is 2460. The molecule has 6 aromatic rings. The van der Waals surface area contributed by atoms with Crippen molar-refractivity contribution in [2.24, 2.45) is 7.05 Å². The summed E-state index contributed by atoms with van der Waals surface area (Å²) >= 11 is 1.50. The molecule has 258 valence electrons. The second-order valence-electron chi connectivity index (χ2n) is 13.5. The number of halogens is 2. The van der Waals surface area contributed by atoms with Gasteiger partial charge in [0.15, 0.2) is 0 Å². The third-order valence-corrected chi connectivity index (χ3v) is 11.4. The summed E-state index contributed by atoms with van der Waals surface area (Å²) in [6, 6.07) is 10.0. The van der Waals surface area contributed by atoms with Crippen LogP contribution in [-0.2, 0) is 28.5 Å². The number of aryl methyl sites for hydroxylation is 1. The van der Waals surface area contributed by atoms with Crippen LogP contribution >= 0.6 is 11.3 Å². The van der Waals surface area contributed by atoms with Gasteiger partial charge in [-0.1, -0.05) is 12.7 Å². The molecule has 0 saturated heterocycles. The first-order valence-corrected chi connectivity index (χ1v) is 17.9. The van der Waals surface area contributed by atoms with Gasteiger partial charge in [0.1, 0.15) is 24.0 Å². The number of fused-ring (bicyclic) bond motifs is 11. The molecule has 0 fully saturated rings. The van der Waals surface area contributed by atoms with Crippen molar-refractivity contribution in [1.29, 1.82) is 0 Å². The highest BCUT2D eigenvalue weighted by atomic mass is 32.1. The van der Waals surface area contributed by atoms with Crippen molar-refractivity contribution in [2.45, 2.75) is 44.4 Å². The van der Waals surface area contributed by atoms with Gasteiger partial charge in [0.05, 0.1) is 59.0 Å². The zero-order valence-corrected chi connectivity index (χ0v) is 29.1. The number of carbonyl (C=O) groups excluding carboxylic acids is 1. The molecule has 2 aromatic carbocycles. The van der Waals surface area contributed by atoms with Crippen LogP contribution in [0.3, 0.4) is 0 Å². The van der Waals surface area contributed by atoms with E-state index >= 15 is 8.78 Å². The highest BCUT2D eigenvalue weighted by molar-refractivity contribution is 7.18. The lowest BCUT2D eigenvalue weighted by atomic mass is 9.73. The SMILES string of the molecule is C=CC(=O)N1CCn2nc(C34C[C@H](C)OC/C=C/COc5cc6nn(C)cc6cc5-c5nc3c(c3sccc53)-c3c(F)cc(F)cc34)cc2[C@@H]1C. The Morgan fingerprint density at radius 1 is 1.08 bits per heavy atom. The molecule has 2 aliphatic heterocycles. The molecule has 3 aliphatic rings. The first-order chi connectivity index (χ1) is 24.7. The normalized spacial score (nSPS) is 21.9. The Balaban J connectivity index is 1.39. The van der Waals surface area contributed by atoms with E-state index in [4.69, 9.17) is 19.6 Å². The molecule has 0 N–H and O–H groups in total. The number of benzene rings is 2. The molecule has 1 aliphatic carbocycles. The maximum atomic E-state index is 16.4. The van der Waals surface area contributed by atoms with E-state index in [1.807, 2.05) is 73.6 Å². The number of hydrogen-bond acceptors (Lipinski definition) is 7. The number of thiophene rings is 1. The molecule has 9 nitrogen and oxygen atoms in total. The molecule has 0 spiro atoms. The topological polar surface area (TPSA) is 87.3 Å². The Hall–Kier alpha value is -5.20. The van der Waals surface area contributed by atoms with E-state index in [1.165, 1.54) is 23.5 Å². The summed E-state index contributed by atoms with van der Waals surface area (Å²) in [5, 5.41) is 13.5. The molecular formula is C39H34F2N6O3S. The number of ether oxygens (including phenoxy) is 2. The lowest BCUT2D eigenvalue weighted by molar-refractivity contribution is -0.129. The monoisotopic (exact) mass is 704 g/mol. The third-order valence-electron chi connectivity index (χ3n) is 10.5. The largest absolute Gasteiger partial charge is 0.489 e. The molecule has 51 heavy (non-hydrogen) atoms. The first kappa shape index (κ1) is 31.8. The summed E-state index contributed by atoms with van der Waals surface area (Å²) < 4.78 is 49.3. The van der Waals surface area contributed by atoms with E-state index in [1.54, 1.807) is 9.58 Å². The molecular weight excluding hydrogens is 671 g/mol. The van der Waals surface area contributed by atoms with Crippen LogP contribution in [0, 0.1) is 11.6 Å². The predicted octanol–water partition coefficient (Wildman–Crippen LogP) is 7.47. The number of carbonyl (C=O) groups is 1. The number of aromatic nitrogens is 5. The molecule has 9 rings (SSSR count). The second-order valence-corrected chi connectivity index (χ2v) is 14.4. The Morgan fingerprint density at radius 2 is 1.92 bits per heavy atom. The lowest BCUT2D eigenvalue weighted by Gasteiger charge is -2.33. The molecule has 2 bridgehead atoms. The maximum absolute atomic E-state index is 16.4. The van der Waals surface area contributed by atoms with Gasteiger partial charge in [0.25, 0.3) is 0 Å². The van der Waals surface area contributed by atoms with Crippen LogP contribution in [0.1, 0.15) is 49.0 Å². The van der Waals surface area contributed by atoms with Gasteiger partial charge in [-0.25, -0.2) is 13.8 Å². The summed E-state index contributed by atoms with van der Waals surface area (Å²) in [6.45, 7) is 9.14. The average Bonchev–Trinajstić information content (AvgIpc) is 3.89. The fraction of sp³-hybridized carbons (Fsp3) is 0.282. The van der Waals surface area contributed by atoms with Gasteiger partial charge in [-0.2, -0.15) is 10.2 Å².